The molecule has 1 amide bonds. The van der Waals surface area contributed by atoms with Crippen molar-refractivity contribution >= 4 is 21.9 Å². The van der Waals surface area contributed by atoms with E-state index in [0.29, 0.717) is 12.1 Å². The molecule has 0 saturated carbocycles. The minimum atomic E-state index is -4.32. The molecule has 7 N–H and O–H groups in total. The molecule has 1 rings (SSSR count). The highest BCUT2D eigenvalue weighted by atomic mass is 32.2. The first-order valence-corrected chi connectivity index (χ1v) is 8.12. The van der Waals surface area contributed by atoms with Gasteiger partial charge in [0.05, 0.1) is 4.90 Å². The lowest BCUT2D eigenvalue weighted by Crippen LogP contribution is -2.45. The van der Waals surface area contributed by atoms with Crippen LogP contribution in [0.1, 0.15) is 12.8 Å². The largest absolute Gasteiger partial charge is 0.370 e. The Morgan fingerprint density at radius 1 is 1.29 bits per heavy atom. The maximum atomic E-state index is 13.2. The number of rotatable bonds is 8. The summed E-state index contributed by atoms with van der Waals surface area (Å²) in [5, 5.41) is 8.69. The number of carbonyl (C=O) groups is 1. The zero-order valence-corrected chi connectivity index (χ0v) is 13.2. The van der Waals surface area contributed by atoms with Crippen molar-refractivity contribution in [1.82, 2.24) is 10.2 Å². The van der Waals surface area contributed by atoms with Gasteiger partial charge in [0.2, 0.25) is 10.0 Å². The molecule has 0 bridgehead atoms. The summed E-state index contributed by atoms with van der Waals surface area (Å²) in [6, 6.07) is 0.602. The van der Waals surface area contributed by atoms with Crippen LogP contribution in [0.15, 0.2) is 28.1 Å². The molecule has 1 aromatic rings. The molecule has 0 aliphatic carbocycles. The second kappa shape index (κ2) is 8.52. The number of carbonyl (C=O) groups excluding carboxylic acids is 1. The Balaban J connectivity index is 2.89. The molecule has 0 aliphatic rings. The van der Waals surface area contributed by atoms with Gasteiger partial charge < -0.3 is 11.5 Å². The molecule has 0 heterocycles. The monoisotopic (exact) mass is 365 g/mol. The second-order valence-corrected chi connectivity index (χ2v) is 6.39. The summed E-state index contributed by atoms with van der Waals surface area (Å²) in [4.78, 5) is 14.7. The van der Waals surface area contributed by atoms with E-state index in [4.69, 9.17) is 16.7 Å². The average Bonchev–Trinajstić information content (AvgIpc) is 2.51. The Morgan fingerprint density at radius 2 is 1.96 bits per heavy atom. The van der Waals surface area contributed by atoms with Gasteiger partial charge in [-0.15, -0.1) is 0 Å². The van der Waals surface area contributed by atoms with Crippen LogP contribution in [-0.4, -0.2) is 38.1 Å². The van der Waals surface area contributed by atoms with Crippen LogP contribution >= 0.6 is 0 Å². The molecule has 0 aliphatic heterocycles. The van der Waals surface area contributed by atoms with Gasteiger partial charge in [0.1, 0.15) is 6.04 Å². The topological polar surface area (TPSA) is 160 Å². The maximum absolute atomic E-state index is 13.2. The minimum Gasteiger partial charge on any atom is -0.370 e. The Bertz CT molecular complexity index is 722. The molecule has 12 heteroatoms. The van der Waals surface area contributed by atoms with Crippen molar-refractivity contribution < 1.29 is 27.2 Å². The van der Waals surface area contributed by atoms with Crippen LogP contribution in [0, 0.1) is 11.6 Å². The quantitative estimate of drug-likeness (QED) is 0.133. The lowest BCUT2D eigenvalue weighted by molar-refractivity contribution is -0.131. The van der Waals surface area contributed by atoms with Gasteiger partial charge in [0.25, 0.3) is 5.91 Å². The van der Waals surface area contributed by atoms with Gasteiger partial charge in [-0.2, -0.15) is 4.72 Å². The number of halogens is 2. The number of hydroxylamine groups is 1. The van der Waals surface area contributed by atoms with Crippen molar-refractivity contribution in [3.05, 3.63) is 29.8 Å². The molecule has 0 saturated heterocycles. The van der Waals surface area contributed by atoms with Crippen molar-refractivity contribution in [3.8, 4) is 0 Å². The molecular weight excluding hydrogens is 348 g/mol. The van der Waals surface area contributed by atoms with Crippen molar-refractivity contribution in [2.75, 3.05) is 6.54 Å². The van der Waals surface area contributed by atoms with Crippen LogP contribution < -0.4 is 21.7 Å². The highest BCUT2D eigenvalue weighted by Gasteiger charge is 2.26. The maximum Gasteiger partial charge on any atom is 0.261 e. The van der Waals surface area contributed by atoms with E-state index in [1.54, 1.807) is 0 Å². The van der Waals surface area contributed by atoms with E-state index >= 15 is 0 Å². The van der Waals surface area contributed by atoms with Crippen molar-refractivity contribution in [1.29, 1.82) is 0 Å². The van der Waals surface area contributed by atoms with Crippen molar-refractivity contribution in [2.45, 2.75) is 23.8 Å². The van der Waals surface area contributed by atoms with Gasteiger partial charge in [-0.05, 0) is 31.0 Å². The third kappa shape index (κ3) is 5.72. The number of benzene rings is 1. The summed E-state index contributed by atoms with van der Waals surface area (Å²) >= 11 is 0. The Hall–Kier alpha value is -2.31. The first-order chi connectivity index (χ1) is 11.2. The number of nitrogens with two attached hydrogens (primary N) is 2. The summed E-state index contributed by atoms with van der Waals surface area (Å²) in [6.45, 7) is 0.129. The third-order valence-electron chi connectivity index (χ3n) is 2.87. The molecule has 134 valence electrons. The number of hydrogen-bond acceptors (Lipinski definition) is 5. The normalized spacial score (nSPS) is 12.5. The van der Waals surface area contributed by atoms with Gasteiger partial charge in [-0.1, -0.05) is 0 Å². The zero-order valence-electron chi connectivity index (χ0n) is 12.4. The van der Waals surface area contributed by atoms with Crippen LogP contribution in [0.3, 0.4) is 0 Å². The van der Waals surface area contributed by atoms with E-state index in [-0.39, 0.29) is 25.3 Å². The molecule has 0 fully saturated rings. The SMILES string of the molecule is NC(N)=NCCCC(NS(=O)(=O)c1ccc(F)c(F)c1)C(=O)NO. The molecule has 1 atom stereocenters. The van der Waals surface area contributed by atoms with Crippen LogP contribution in [0.4, 0.5) is 8.78 Å². The number of hydrogen-bond donors (Lipinski definition) is 5. The molecule has 1 aromatic carbocycles. The summed E-state index contributed by atoms with van der Waals surface area (Å²) in [6.07, 6.45) is 0.169. The Labute approximate surface area is 136 Å². The van der Waals surface area contributed by atoms with E-state index in [1.165, 1.54) is 5.48 Å². The number of sulfonamides is 1. The van der Waals surface area contributed by atoms with E-state index < -0.39 is 38.5 Å². The standard InChI is InChI=1S/C12H17F2N5O4S/c13-8-4-3-7(6-9(8)14)24(22,23)19-10(11(20)18-21)2-1-5-17-12(15)16/h3-4,6,10,19,21H,1-2,5H2,(H,18,20)(H4,15,16,17). The first-order valence-electron chi connectivity index (χ1n) is 6.64. The lowest BCUT2D eigenvalue weighted by atomic mass is 10.1. The summed E-state index contributed by atoms with van der Waals surface area (Å²) in [5.41, 5.74) is 11.6. The van der Waals surface area contributed by atoms with E-state index in [0.717, 1.165) is 6.07 Å². The highest BCUT2D eigenvalue weighted by molar-refractivity contribution is 7.89. The molecular formula is C12H17F2N5O4S. The van der Waals surface area contributed by atoms with E-state index in [1.807, 2.05) is 4.72 Å². The van der Waals surface area contributed by atoms with Crippen molar-refractivity contribution in [2.24, 2.45) is 16.5 Å². The minimum absolute atomic E-state index is 0.0495. The summed E-state index contributed by atoms with van der Waals surface area (Å²) < 4.78 is 52.3. The fraction of sp³-hybridized carbons (Fsp3) is 0.333. The molecule has 9 nitrogen and oxygen atoms in total. The number of aliphatic imine (C=N–C) groups is 1. The van der Waals surface area contributed by atoms with Crippen LogP contribution in [0.25, 0.3) is 0 Å². The van der Waals surface area contributed by atoms with Gasteiger partial charge >= 0.3 is 0 Å². The van der Waals surface area contributed by atoms with Crippen LogP contribution in [0.2, 0.25) is 0 Å². The smallest absolute Gasteiger partial charge is 0.261 e. The van der Waals surface area contributed by atoms with Gasteiger partial charge in [0.15, 0.2) is 17.6 Å². The first kappa shape index (κ1) is 19.7. The van der Waals surface area contributed by atoms with E-state index in [2.05, 4.69) is 4.99 Å². The summed E-state index contributed by atoms with van der Waals surface area (Å²) in [5.74, 6) is -3.75. The second-order valence-electron chi connectivity index (χ2n) is 4.67. The fourth-order valence-corrected chi connectivity index (χ4v) is 2.97. The van der Waals surface area contributed by atoms with Crippen LogP contribution in [-0.2, 0) is 14.8 Å². The number of amides is 1. The number of guanidine groups is 1. The van der Waals surface area contributed by atoms with Crippen LogP contribution in [0.5, 0.6) is 0 Å². The van der Waals surface area contributed by atoms with Gasteiger partial charge in [-0.25, -0.2) is 22.7 Å². The Morgan fingerprint density at radius 3 is 2.50 bits per heavy atom. The number of nitrogens with zero attached hydrogens (tertiary/aromatic N) is 1. The highest BCUT2D eigenvalue weighted by Crippen LogP contribution is 2.15. The molecule has 0 spiro atoms. The fourth-order valence-electron chi connectivity index (χ4n) is 1.72. The molecule has 0 radical (unpaired) electrons. The molecule has 24 heavy (non-hydrogen) atoms. The average molecular weight is 365 g/mol. The van der Waals surface area contributed by atoms with Crippen molar-refractivity contribution in [3.63, 3.8) is 0 Å². The lowest BCUT2D eigenvalue weighted by Gasteiger charge is -2.16. The van der Waals surface area contributed by atoms with E-state index in [9.17, 15) is 22.0 Å². The molecule has 1 unspecified atom stereocenters. The summed E-state index contributed by atoms with van der Waals surface area (Å²) in [7, 11) is -4.32. The van der Waals surface area contributed by atoms with Gasteiger partial charge in [-0.3, -0.25) is 15.0 Å². The predicted molar refractivity (Wildman–Crippen MR) is 80.3 cm³/mol. The predicted octanol–water partition coefficient (Wildman–Crippen LogP) is -0.829. The zero-order chi connectivity index (χ0) is 18.3. The number of nitrogens with one attached hydrogen (secondary N) is 2. The Kier molecular flexibility index (Phi) is 7.00. The third-order valence-corrected chi connectivity index (χ3v) is 4.34. The van der Waals surface area contributed by atoms with Gasteiger partial charge in [0, 0.05) is 6.54 Å². The molecule has 0 aromatic heterocycles.